The van der Waals surface area contributed by atoms with Crippen LogP contribution in [0.1, 0.15) is 355 Å². The zero-order valence-corrected chi connectivity index (χ0v) is 50.3. The van der Waals surface area contributed by atoms with Crippen molar-refractivity contribution in [3.8, 4) is 0 Å². The van der Waals surface area contributed by atoms with Crippen molar-refractivity contribution in [2.24, 2.45) is 0 Å². The number of hydrogen-bond acceptors (Lipinski definition) is 6. The maximum Gasteiger partial charge on any atom is 0.306 e. The normalized spacial score (nSPS) is 12.3. The summed E-state index contributed by atoms with van der Waals surface area (Å²) in [4.78, 5) is 38.1. The van der Waals surface area contributed by atoms with Gasteiger partial charge in [-0.05, 0) is 57.8 Å². The van der Waals surface area contributed by atoms with Gasteiger partial charge in [-0.1, -0.05) is 326 Å². The van der Waals surface area contributed by atoms with E-state index in [0.29, 0.717) is 19.3 Å². The molecule has 0 aliphatic carbocycles. The van der Waals surface area contributed by atoms with Crippen LogP contribution in [-0.4, -0.2) is 37.2 Å². The highest BCUT2D eigenvalue weighted by molar-refractivity contribution is 5.71. The first kappa shape index (κ1) is 72.4. The number of esters is 3. The van der Waals surface area contributed by atoms with E-state index in [1.54, 1.807) is 0 Å². The van der Waals surface area contributed by atoms with Gasteiger partial charge in [0.15, 0.2) is 6.10 Å². The number of hydrogen-bond donors (Lipinski definition) is 0. The molecule has 0 spiro atoms. The minimum absolute atomic E-state index is 0.0664. The number of rotatable bonds is 61. The topological polar surface area (TPSA) is 78.9 Å². The van der Waals surface area contributed by atoms with Gasteiger partial charge >= 0.3 is 17.9 Å². The SMILES string of the molecule is CC/C=C\C/C=C\C/C=C\C/C=C\CCCCCCCCCCCCCCCCCCCCC(=O)OCC(COC(=O)CCCCCCCCC)OC(=O)CCCCCCCCCCCCCCCCCCCCC. The van der Waals surface area contributed by atoms with E-state index in [9.17, 15) is 14.4 Å². The summed E-state index contributed by atoms with van der Waals surface area (Å²) in [6.07, 6.45) is 80.2. The number of carbonyl (C=O) groups is 3. The molecule has 75 heavy (non-hydrogen) atoms. The van der Waals surface area contributed by atoms with Crippen molar-refractivity contribution < 1.29 is 28.6 Å². The lowest BCUT2D eigenvalue weighted by Gasteiger charge is -2.18. The molecule has 0 saturated carbocycles. The molecule has 0 N–H and O–H groups in total. The highest BCUT2D eigenvalue weighted by atomic mass is 16.6. The molecule has 0 aromatic heterocycles. The lowest BCUT2D eigenvalue weighted by atomic mass is 10.0. The zero-order chi connectivity index (χ0) is 54.3. The first-order chi connectivity index (χ1) is 37.0. The van der Waals surface area contributed by atoms with Crippen LogP contribution in [0.3, 0.4) is 0 Å². The van der Waals surface area contributed by atoms with Gasteiger partial charge in [0, 0.05) is 19.3 Å². The fourth-order valence-corrected chi connectivity index (χ4v) is 9.91. The minimum atomic E-state index is -0.766. The Hall–Kier alpha value is -2.63. The van der Waals surface area contributed by atoms with Gasteiger partial charge in [-0.25, -0.2) is 0 Å². The monoisotopic (exact) mass is 1050 g/mol. The van der Waals surface area contributed by atoms with Gasteiger partial charge in [0.05, 0.1) is 0 Å². The van der Waals surface area contributed by atoms with Gasteiger partial charge in [0.25, 0.3) is 0 Å². The van der Waals surface area contributed by atoms with Crippen molar-refractivity contribution in [1.29, 1.82) is 0 Å². The molecule has 0 heterocycles. The Kier molecular flexibility index (Phi) is 61.7. The smallest absolute Gasteiger partial charge is 0.306 e. The van der Waals surface area contributed by atoms with Crippen molar-refractivity contribution in [2.75, 3.05) is 13.2 Å². The number of unbranched alkanes of at least 4 members (excludes halogenated alkanes) is 42. The highest BCUT2D eigenvalue weighted by Gasteiger charge is 2.19. The van der Waals surface area contributed by atoms with E-state index in [1.165, 1.54) is 231 Å². The molecule has 0 amide bonds. The number of allylic oxidation sites excluding steroid dienone is 8. The molecule has 0 fully saturated rings. The second-order valence-electron chi connectivity index (χ2n) is 22.4. The molecule has 6 heteroatoms. The summed E-state index contributed by atoms with van der Waals surface area (Å²) in [5.74, 6) is -0.849. The minimum Gasteiger partial charge on any atom is -0.462 e. The van der Waals surface area contributed by atoms with Gasteiger partial charge in [0.1, 0.15) is 13.2 Å². The van der Waals surface area contributed by atoms with E-state index in [1.807, 2.05) is 0 Å². The fraction of sp³-hybridized carbons (Fsp3) is 0.841. The van der Waals surface area contributed by atoms with E-state index < -0.39 is 6.10 Å². The molecular formula is C69H126O6. The Morgan fingerprint density at radius 3 is 0.813 bits per heavy atom. The number of carbonyl (C=O) groups excluding carboxylic acids is 3. The number of ether oxygens (including phenoxy) is 3. The molecule has 1 unspecified atom stereocenters. The Labute approximate surface area is 467 Å². The van der Waals surface area contributed by atoms with Crippen LogP contribution in [0.15, 0.2) is 48.6 Å². The van der Waals surface area contributed by atoms with Crippen LogP contribution in [0.4, 0.5) is 0 Å². The summed E-state index contributed by atoms with van der Waals surface area (Å²) < 4.78 is 16.9. The van der Waals surface area contributed by atoms with Crippen LogP contribution in [-0.2, 0) is 28.6 Å². The predicted molar refractivity (Wildman–Crippen MR) is 325 cm³/mol. The summed E-state index contributed by atoms with van der Waals surface area (Å²) in [5.41, 5.74) is 0. The van der Waals surface area contributed by atoms with Crippen molar-refractivity contribution in [3.05, 3.63) is 48.6 Å². The van der Waals surface area contributed by atoms with Gasteiger partial charge in [-0.15, -0.1) is 0 Å². The molecule has 0 aliphatic rings. The summed E-state index contributed by atoms with van der Waals surface area (Å²) in [7, 11) is 0. The highest BCUT2D eigenvalue weighted by Crippen LogP contribution is 2.18. The molecule has 0 aliphatic heterocycles. The van der Waals surface area contributed by atoms with E-state index in [0.717, 1.165) is 83.5 Å². The largest absolute Gasteiger partial charge is 0.462 e. The Morgan fingerprint density at radius 2 is 0.520 bits per heavy atom. The Balaban J connectivity index is 4.01. The molecule has 438 valence electrons. The molecule has 6 nitrogen and oxygen atoms in total. The summed E-state index contributed by atoms with van der Waals surface area (Å²) in [5, 5.41) is 0. The van der Waals surface area contributed by atoms with E-state index in [2.05, 4.69) is 69.4 Å². The quantitative estimate of drug-likeness (QED) is 0.0261. The lowest BCUT2D eigenvalue weighted by molar-refractivity contribution is -0.167. The van der Waals surface area contributed by atoms with Crippen molar-refractivity contribution in [2.45, 2.75) is 361 Å². The fourth-order valence-electron chi connectivity index (χ4n) is 9.91. The average Bonchev–Trinajstić information content (AvgIpc) is 3.41. The van der Waals surface area contributed by atoms with Crippen molar-refractivity contribution in [1.82, 2.24) is 0 Å². The van der Waals surface area contributed by atoms with E-state index in [-0.39, 0.29) is 31.1 Å². The molecule has 0 bridgehead atoms. The molecule has 0 saturated heterocycles. The van der Waals surface area contributed by atoms with Crippen LogP contribution in [0.5, 0.6) is 0 Å². The zero-order valence-electron chi connectivity index (χ0n) is 50.3. The van der Waals surface area contributed by atoms with Crippen LogP contribution in [0.25, 0.3) is 0 Å². The Bertz CT molecular complexity index is 1300. The first-order valence-electron chi connectivity index (χ1n) is 33.1. The lowest BCUT2D eigenvalue weighted by Crippen LogP contribution is -2.30. The molecule has 0 aromatic rings. The predicted octanol–water partition coefficient (Wildman–Crippen LogP) is 22.6. The third-order valence-corrected chi connectivity index (χ3v) is 14.8. The molecule has 0 rings (SSSR count). The van der Waals surface area contributed by atoms with Crippen LogP contribution >= 0.6 is 0 Å². The average molecular weight is 1050 g/mol. The van der Waals surface area contributed by atoms with Gasteiger partial charge in [0.2, 0.25) is 0 Å². The summed E-state index contributed by atoms with van der Waals surface area (Å²) >= 11 is 0. The van der Waals surface area contributed by atoms with E-state index >= 15 is 0 Å². The molecular weight excluding hydrogens is 925 g/mol. The standard InChI is InChI=1S/C69H126O6/c1-4-7-10-13-16-18-20-22-24-26-28-29-30-31-32-33-34-35-36-37-38-39-41-42-44-46-48-50-53-56-59-62-68(71)74-65-66(64-73-67(70)61-58-55-52-15-12-9-6-3)75-69(72)63-60-57-54-51-49-47-45-43-40-27-25-23-21-19-17-14-11-8-5-2/h7,10,16,18,22,24,28-29,66H,4-6,8-9,11-15,17,19-21,23,25-27,30-65H2,1-3H3/b10-7-,18-16-,24-22-,29-28-. The third kappa shape index (κ3) is 62.1. The summed E-state index contributed by atoms with van der Waals surface area (Å²) in [6, 6.07) is 0. The third-order valence-electron chi connectivity index (χ3n) is 14.8. The molecule has 1 atom stereocenters. The van der Waals surface area contributed by atoms with Crippen molar-refractivity contribution in [3.63, 3.8) is 0 Å². The van der Waals surface area contributed by atoms with E-state index in [4.69, 9.17) is 14.2 Å². The maximum absolute atomic E-state index is 12.9. The van der Waals surface area contributed by atoms with Gasteiger partial charge in [-0.3, -0.25) is 14.4 Å². The van der Waals surface area contributed by atoms with Gasteiger partial charge < -0.3 is 14.2 Å². The van der Waals surface area contributed by atoms with Crippen LogP contribution in [0, 0.1) is 0 Å². The summed E-state index contributed by atoms with van der Waals surface area (Å²) in [6.45, 7) is 6.54. The molecule has 0 radical (unpaired) electrons. The maximum atomic E-state index is 12.9. The molecule has 0 aromatic carbocycles. The van der Waals surface area contributed by atoms with Crippen LogP contribution in [0.2, 0.25) is 0 Å². The van der Waals surface area contributed by atoms with Gasteiger partial charge in [-0.2, -0.15) is 0 Å². The second-order valence-corrected chi connectivity index (χ2v) is 22.4. The van der Waals surface area contributed by atoms with Crippen LogP contribution < -0.4 is 0 Å². The Morgan fingerprint density at radius 1 is 0.280 bits per heavy atom. The van der Waals surface area contributed by atoms with Crippen molar-refractivity contribution >= 4 is 17.9 Å². The first-order valence-corrected chi connectivity index (χ1v) is 33.1. The second kappa shape index (κ2) is 63.9.